The van der Waals surface area contributed by atoms with Gasteiger partial charge < -0.3 is 10.4 Å². The molecule has 1 atom stereocenters. The van der Waals surface area contributed by atoms with Crippen LogP contribution in [0.3, 0.4) is 0 Å². The summed E-state index contributed by atoms with van der Waals surface area (Å²) in [6, 6.07) is 4.49. The molecule has 0 saturated heterocycles. The van der Waals surface area contributed by atoms with E-state index in [1.165, 1.54) is 5.56 Å². The summed E-state index contributed by atoms with van der Waals surface area (Å²) in [5.41, 5.74) is 1.25. The average molecular weight is 240 g/mol. The lowest BCUT2D eigenvalue weighted by atomic mass is 10.1. The van der Waals surface area contributed by atoms with Gasteiger partial charge in [0.25, 0.3) is 0 Å². The number of aliphatic hydroxyl groups is 1. The Morgan fingerprint density at radius 2 is 2.38 bits per heavy atom. The van der Waals surface area contributed by atoms with Gasteiger partial charge in [0, 0.05) is 18.0 Å². The number of rotatable bonds is 7. The van der Waals surface area contributed by atoms with E-state index in [0.29, 0.717) is 11.8 Å². The zero-order chi connectivity index (χ0) is 11.8. The van der Waals surface area contributed by atoms with Crippen molar-refractivity contribution in [2.24, 2.45) is 0 Å². The van der Waals surface area contributed by atoms with E-state index in [1.54, 1.807) is 11.8 Å². The third-order valence-corrected chi connectivity index (χ3v) is 3.21. The van der Waals surface area contributed by atoms with Gasteiger partial charge in [-0.05, 0) is 37.6 Å². The number of aliphatic hydroxyl groups excluding tert-OH is 1. The number of hydrogen-bond donors (Lipinski definition) is 2. The van der Waals surface area contributed by atoms with Crippen LogP contribution in [0.15, 0.2) is 23.4 Å². The maximum absolute atomic E-state index is 8.76. The molecule has 2 N–H and O–H groups in total. The molecule has 0 aliphatic heterocycles. The summed E-state index contributed by atoms with van der Waals surface area (Å²) in [5, 5.41) is 13.2. The molecule has 0 bridgehead atoms. The van der Waals surface area contributed by atoms with Crippen molar-refractivity contribution in [3.8, 4) is 0 Å². The van der Waals surface area contributed by atoms with Crippen molar-refractivity contribution in [3.63, 3.8) is 0 Å². The highest BCUT2D eigenvalue weighted by Gasteiger charge is 2.05. The summed E-state index contributed by atoms with van der Waals surface area (Å²) >= 11 is 1.59. The quantitative estimate of drug-likeness (QED) is 0.717. The molecule has 16 heavy (non-hydrogen) atoms. The summed E-state index contributed by atoms with van der Waals surface area (Å²) in [6.07, 6.45) is 2.97. The zero-order valence-electron chi connectivity index (χ0n) is 9.94. The van der Waals surface area contributed by atoms with E-state index in [0.717, 1.165) is 18.0 Å². The normalized spacial score (nSPS) is 12.7. The van der Waals surface area contributed by atoms with Gasteiger partial charge in [-0.3, -0.25) is 0 Å². The fourth-order valence-corrected chi connectivity index (χ4v) is 2.06. The van der Waals surface area contributed by atoms with Gasteiger partial charge in [0.2, 0.25) is 0 Å². The van der Waals surface area contributed by atoms with Gasteiger partial charge >= 0.3 is 0 Å². The second-order valence-electron chi connectivity index (χ2n) is 3.68. The second-order valence-corrected chi connectivity index (χ2v) is 4.79. The Morgan fingerprint density at radius 1 is 1.56 bits per heavy atom. The highest BCUT2D eigenvalue weighted by molar-refractivity contribution is 7.99. The minimum absolute atomic E-state index is 0.195. The van der Waals surface area contributed by atoms with Gasteiger partial charge in [-0.15, -0.1) is 11.8 Å². The van der Waals surface area contributed by atoms with Crippen molar-refractivity contribution in [2.75, 3.05) is 18.9 Å². The molecule has 4 heteroatoms. The van der Waals surface area contributed by atoms with Crippen LogP contribution in [0, 0.1) is 0 Å². The predicted octanol–water partition coefficient (Wildman–Crippen LogP) is 2.23. The van der Waals surface area contributed by atoms with Crippen molar-refractivity contribution < 1.29 is 5.11 Å². The number of thioether (sulfide) groups is 1. The van der Waals surface area contributed by atoms with Gasteiger partial charge in [-0.1, -0.05) is 6.92 Å². The van der Waals surface area contributed by atoms with Crippen molar-refractivity contribution >= 4 is 11.8 Å². The largest absolute Gasteiger partial charge is 0.396 e. The van der Waals surface area contributed by atoms with Crippen molar-refractivity contribution in [1.82, 2.24) is 10.3 Å². The summed E-state index contributed by atoms with van der Waals surface area (Å²) in [6.45, 7) is 5.54. The Bertz CT molecular complexity index is 307. The maximum atomic E-state index is 8.76. The molecule has 1 unspecified atom stereocenters. The molecule has 0 aliphatic carbocycles. The molecule has 0 radical (unpaired) electrons. The topological polar surface area (TPSA) is 45.2 Å². The van der Waals surface area contributed by atoms with Crippen LogP contribution in [0.4, 0.5) is 0 Å². The van der Waals surface area contributed by atoms with E-state index < -0.39 is 0 Å². The standard InChI is InChI=1S/C12H20N2OS/c1-3-5-13-10(2)11-4-6-14-12(9-11)16-8-7-15/h4,6,9-10,13,15H,3,5,7-8H2,1-2H3. The summed E-state index contributed by atoms with van der Waals surface area (Å²) in [4.78, 5) is 4.26. The van der Waals surface area contributed by atoms with Crippen LogP contribution in [0.5, 0.6) is 0 Å². The van der Waals surface area contributed by atoms with E-state index in [9.17, 15) is 0 Å². The van der Waals surface area contributed by atoms with E-state index in [1.807, 2.05) is 12.3 Å². The van der Waals surface area contributed by atoms with Crippen LogP contribution in [0.25, 0.3) is 0 Å². The number of pyridine rings is 1. The van der Waals surface area contributed by atoms with Gasteiger partial charge in [0.05, 0.1) is 11.6 Å². The molecule has 0 saturated carbocycles. The van der Waals surface area contributed by atoms with Gasteiger partial charge in [0.1, 0.15) is 0 Å². The SMILES string of the molecule is CCCNC(C)c1ccnc(SCCO)c1. The van der Waals surface area contributed by atoms with E-state index in [4.69, 9.17) is 5.11 Å². The highest BCUT2D eigenvalue weighted by atomic mass is 32.2. The van der Waals surface area contributed by atoms with Crippen LogP contribution in [-0.4, -0.2) is 29.0 Å². The average Bonchev–Trinajstić information content (AvgIpc) is 2.33. The van der Waals surface area contributed by atoms with Crippen LogP contribution in [0.2, 0.25) is 0 Å². The Hall–Kier alpha value is -0.580. The molecule has 0 aliphatic rings. The third kappa shape index (κ3) is 4.51. The van der Waals surface area contributed by atoms with Gasteiger partial charge in [-0.2, -0.15) is 0 Å². The van der Waals surface area contributed by atoms with E-state index in [2.05, 4.69) is 30.2 Å². The Balaban J connectivity index is 2.58. The maximum Gasteiger partial charge on any atom is 0.0963 e. The number of nitrogens with one attached hydrogen (secondary N) is 1. The summed E-state index contributed by atoms with van der Waals surface area (Å²) < 4.78 is 0. The first-order valence-electron chi connectivity index (χ1n) is 5.71. The zero-order valence-corrected chi connectivity index (χ0v) is 10.8. The molecule has 0 aromatic carbocycles. The van der Waals surface area contributed by atoms with Crippen LogP contribution >= 0.6 is 11.8 Å². The minimum Gasteiger partial charge on any atom is -0.396 e. The molecule has 0 fully saturated rings. The van der Waals surface area contributed by atoms with Gasteiger partial charge in [-0.25, -0.2) is 4.98 Å². The van der Waals surface area contributed by atoms with Gasteiger partial charge in [0.15, 0.2) is 0 Å². The molecular formula is C12H20N2OS. The van der Waals surface area contributed by atoms with Crippen LogP contribution < -0.4 is 5.32 Å². The molecule has 0 amide bonds. The second kappa shape index (κ2) is 7.65. The monoisotopic (exact) mass is 240 g/mol. The lowest BCUT2D eigenvalue weighted by molar-refractivity contribution is 0.322. The lowest BCUT2D eigenvalue weighted by Crippen LogP contribution is -2.19. The summed E-state index contributed by atoms with van der Waals surface area (Å²) in [5.74, 6) is 0.702. The first-order chi connectivity index (χ1) is 7.77. The van der Waals surface area contributed by atoms with Crippen molar-refractivity contribution in [1.29, 1.82) is 0 Å². The Morgan fingerprint density at radius 3 is 3.06 bits per heavy atom. The number of nitrogens with zero attached hydrogens (tertiary/aromatic N) is 1. The molecule has 1 rings (SSSR count). The van der Waals surface area contributed by atoms with E-state index >= 15 is 0 Å². The Labute approximate surface area is 102 Å². The first-order valence-corrected chi connectivity index (χ1v) is 6.69. The summed E-state index contributed by atoms with van der Waals surface area (Å²) in [7, 11) is 0. The molecule has 0 spiro atoms. The fourth-order valence-electron chi connectivity index (χ4n) is 1.40. The molecule has 90 valence electrons. The van der Waals surface area contributed by atoms with Crippen LogP contribution in [-0.2, 0) is 0 Å². The lowest BCUT2D eigenvalue weighted by Gasteiger charge is -2.14. The number of aromatic nitrogens is 1. The van der Waals surface area contributed by atoms with E-state index in [-0.39, 0.29) is 6.61 Å². The molecule has 1 heterocycles. The predicted molar refractivity (Wildman–Crippen MR) is 68.8 cm³/mol. The molecule has 1 aromatic heterocycles. The molecule has 3 nitrogen and oxygen atoms in total. The minimum atomic E-state index is 0.195. The molecular weight excluding hydrogens is 220 g/mol. The highest BCUT2D eigenvalue weighted by Crippen LogP contribution is 2.19. The third-order valence-electron chi connectivity index (χ3n) is 2.30. The first kappa shape index (κ1) is 13.5. The fraction of sp³-hybridized carbons (Fsp3) is 0.583. The van der Waals surface area contributed by atoms with Crippen molar-refractivity contribution in [2.45, 2.75) is 31.3 Å². The Kier molecular flexibility index (Phi) is 6.45. The van der Waals surface area contributed by atoms with Crippen LogP contribution in [0.1, 0.15) is 31.9 Å². The smallest absolute Gasteiger partial charge is 0.0963 e. The van der Waals surface area contributed by atoms with Crippen molar-refractivity contribution in [3.05, 3.63) is 23.9 Å². The molecule has 1 aromatic rings. The number of hydrogen-bond acceptors (Lipinski definition) is 4.